The molecule has 4 nitrogen and oxygen atoms in total. The highest BCUT2D eigenvalue weighted by molar-refractivity contribution is 6.21. The smallest absolute Gasteiger partial charge is 0.272 e. The van der Waals surface area contributed by atoms with Gasteiger partial charge in [0.25, 0.3) is 5.91 Å². The average molecular weight is 243 g/mol. The summed E-state index contributed by atoms with van der Waals surface area (Å²) >= 11 is 5.97. The van der Waals surface area contributed by atoms with Crippen molar-refractivity contribution >= 4 is 17.5 Å². The standard InChI is InChI=1S/C11H15ClN2O2/c1-14(7-9(12)8-16-2)11(15)10-5-3-4-6-13-10/h3-6,9H,7-8H2,1-2H3. The maximum atomic E-state index is 11.8. The van der Waals surface area contributed by atoms with Crippen LogP contribution in [0, 0.1) is 0 Å². The third-order valence-corrected chi connectivity index (χ3v) is 2.31. The van der Waals surface area contributed by atoms with Gasteiger partial charge >= 0.3 is 0 Å². The predicted octanol–water partition coefficient (Wildman–Crippen LogP) is 1.41. The molecule has 0 aliphatic carbocycles. The van der Waals surface area contributed by atoms with E-state index < -0.39 is 0 Å². The van der Waals surface area contributed by atoms with Crippen molar-refractivity contribution in [1.29, 1.82) is 0 Å². The largest absolute Gasteiger partial charge is 0.383 e. The molecule has 0 saturated carbocycles. The third kappa shape index (κ3) is 3.79. The molecule has 0 fully saturated rings. The second-order valence-electron chi connectivity index (χ2n) is 3.45. The van der Waals surface area contributed by atoms with Crippen LogP contribution in [0.5, 0.6) is 0 Å². The average Bonchev–Trinajstić information content (AvgIpc) is 2.29. The summed E-state index contributed by atoms with van der Waals surface area (Å²) in [6, 6.07) is 5.23. The fraction of sp³-hybridized carbons (Fsp3) is 0.455. The molecule has 0 radical (unpaired) electrons. The summed E-state index contributed by atoms with van der Waals surface area (Å²) in [6.07, 6.45) is 1.59. The Labute approximate surface area is 100 Å². The Morgan fingerprint density at radius 1 is 1.62 bits per heavy atom. The zero-order chi connectivity index (χ0) is 12.0. The third-order valence-electron chi connectivity index (χ3n) is 2.05. The number of methoxy groups -OCH3 is 1. The van der Waals surface area contributed by atoms with E-state index in [9.17, 15) is 4.79 Å². The van der Waals surface area contributed by atoms with Crippen LogP contribution in [-0.4, -0.2) is 48.5 Å². The van der Waals surface area contributed by atoms with Crippen molar-refractivity contribution < 1.29 is 9.53 Å². The van der Waals surface area contributed by atoms with E-state index in [1.807, 2.05) is 0 Å². The molecule has 0 aromatic carbocycles. The summed E-state index contributed by atoms with van der Waals surface area (Å²) in [5.41, 5.74) is 0.422. The highest BCUT2D eigenvalue weighted by atomic mass is 35.5. The minimum Gasteiger partial charge on any atom is -0.383 e. The number of alkyl halides is 1. The van der Waals surface area contributed by atoms with Crippen molar-refractivity contribution in [3.05, 3.63) is 30.1 Å². The van der Waals surface area contributed by atoms with Crippen molar-refractivity contribution in [2.75, 3.05) is 27.3 Å². The molecule has 1 atom stereocenters. The topological polar surface area (TPSA) is 42.4 Å². The van der Waals surface area contributed by atoms with Crippen molar-refractivity contribution in [2.45, 2.75) is 5.38 Å². The number of hydrogen-bond acceptors (Lipinski definition) is 3. The molecule has 0 N–H and O–H groups in total. The lowest BCUT2D eigenvalue weighted by atomic mass is 10.3. The van der Waals surface area contributed by atoms with Crippen LogP contribution in [0.15, 0.2) is 24.4 Å². The molecular formula is C11H15ClN2O2. The van der Waals surface area contributed by atoms with E-state index in [4.69, 9.17) is 16.3 Å². The van der Waals surface area contributed by atoms with Gasteiger partial charge in [-0.15, -0.1) is 11.6 Å². The second-order valence-corrected chi connectivity index (χ2v) is 4.07. The number of carbonyl (C=O) groups excluding carboxylic acids is 1. The van der Waals surface area contributed by atoms with E-state index in [2.05, 4.69) is 4.98 Å². The lowest BCUT2D eigenvalue weighted by Crippen LogP contribution is -2.34. The van der Waals surface area contributed by atoms with E-state index in [1.165, 1.54) is 0 Å². The van der Waals surface area contributed by atoms with E-state index in [1.54, 1.807) is 43.5 Å². The number of amides is 1. The molecule has 1 aromatic rings. The second kappa shape index (κ2) is 6.45. The van der Waals surface area contributed by atoms with Gasteiger partial charge in [0.15, 0.2) is 0 Å². The lowest BCUT2D eigenvalue weighted by molar-refractivity contribution is 0.0776. The molecule has 0 saturated heterocycles. The molecule has 0 bridgehead atoms. The van der Waals surface area contributed by atoms with Crippen LogP contribution < -0.4 is 0 Å². The first-order valence-corrected chi connectivity index (χ1v) is 5.38. The van der Waals surface area contributed by atoms with Crippen LogP contribution in [-0.2, 0) is 4.74 Å². The molecule has 1 unspecified atom stereocenters. The van der Waals surface area contributed by atoms with Crippen LogP contribution in [0.4, 0.5) is 0 Å². The molecule has 0 aliphatic heterocycles. The van der Waals surface area contributed by atoms with Crippen LogP contribution in [0.2, 0.25) is 0 Å². The highest BCUT2D eigenvalue weighted by Gasteiger charge is 2.15. The SMILES string of the molecule is COCC(Cl)CN(C)C(=O)c1ccccn1. The van der Waals surface area contributed by atoms with Gasteiger partial charge < -0.3 is 9.64 Å². The van der Waals surface area contributed by atoms with Gasteiger partial charge in [0.2, 0.25) is 0 Å². The minimum absolute atomic E-state index is 0.137. The highest BCUT2D eigenvalue weighted by Crippen LogP contribution is 2.04. The number of nitrogens with zero attached hydrogens (tertiary/aromatic N) is 2. The fourth-order valence-corrected chi connectivity index (χ4v) is 1.63. The Hall–Kier alpha value is -1.13. The molecule has 88 valence electrons. The zero-order valence-electron chi connectivity index (χ0n) is 9.39. The first kappa shape index (κ1) is 12.9. The fourth-order valence-electron chi connectivity index (χ4n) is 1.30. The van der Waals surface area contributed by atoms with Gasteiger partial charge in [-0.05, 0) is 12.1 Å². The molecule has 0 aliphatic rings. The lowest BCUT2D eigenvalue weighted by Gasteiger charge is -2.19. The van der Waals surface area contributed by atoms with Crippen molar-refractivity contribution in [3.63, 3.8) is 0 Å². The number of ether oxygens (including phenoxy) is 1. The number of hydrogen-bond donors (Lipinski definition) is 0. The van der Waals surface area contributed by atoms with Gasteiger partial charge in [-0.25, -0.2) is 0 Å². The van der Waals surface area contributed by atoms with Gasteiger partial charge in [-0.3, -0.25) is 9.78 Å². The summed E-state index contributed by atoms with van der Waals surface area (Å²) in [7, 11) is 3.28. The summed E-state index contributed by atoms with van der Waals surface area (Å²) in [4.78, 5) is 17.4. The van der Waals surface area contributed by atoms with Crippen LogP contribution in [0.1, 0.15) is 10.5 Å². The van der Waals surface area contributed by atoms with E-state index in [0.29, 0.717) is 18.8 Å². The molecule has 1 heterocycles. The summed E-state index contributed by atoms with van der Waals surface area (Å²) < 4.78 is 4.90. The molecule has 1 amide bonds. The maximum absolute atomic E-state index is 11.8. The normalized spacial score (nSPS) is 12.2. The summed E-state index contributed by atoms with van der Waals surface area (Å²) in [5.74, 6) is -0.137. The molecule has 1 rings (SSSR count). The first-order chi connectivity index (χ1) is 7.65. The van der Waals surface area contributed by atoms with Gasteiger partial charge in [-0.2, -0.15) is 0 Å². The molecule has 5 heteroatoms. The number of carbonyl (C=O) groups is 1. The van der Waals surface area contributed by atoms with E-state index in [0.717, 1.165) is 0 Å². The van der Waals surface area contributed by atoms with Crippen molar-refractivity contribution in [3.8, 4) is 0 Å². The monoisotopic (exact) mass is 242 g/mol. The Kier molecular flexibility index (Phi) is 5.22. The summed E-state index contributed by atoms with van der Waals surface area (Å²) in [5, 5.41) is -0.206. The van der Waals surface area contributed by atoms with E-state index >= 15 is 0 Å². The Morgan fingerprint density at radius 2 is 2.38 bits per heavy atom. The van der Waals surface area contributed by atoms with E-state index in [-0.39, 0.29) is 11.3 Å². The van der Waals surface area contributed by atoms with Gasteiger partial charge in [0.05, 0.1) is 12.0 Å². The summed E-state index contributed by atoms with van der Waals surface area (Å²) in [6.45, 7) is 0.853. The van der Waals surface area contributed by atoms with Crippen LogP contribution in [0.25, 0.3) is 0 Å². The van der Waals surface area contributed by atoms with Gasteiger partial charge in [-0.1, -0.05) is 6.07 Å². The van der Waals surface area contributed by atoms with Crippen LogP contribution >= 0.6 is 11.6 Å². The van der Waals surface area contributed by atoms with Crippen LogP contribution in [0.3, 0.4) is 0 Å². The van der Waals surface area contributed by atoms with Gasteiger partial charge in [0, 0.05) is 26.9 Å². The molecule has 1 aromatic heterocycles. The minimum atomic E-state index is -0.206. The predicted molar refractivity (Wildman–Crippen MR) is 62.7 cm³/mol. The molecular weight excluding hydrogens is 228 g/mol. The maximum Gasteiger partial charge on any atom is 0.272 e. The molecule has 16 heavy (non-hydrogen) atoms. The number of pyridine rings is 1. The number of rotatable bonds is 5. The molecule has 0 spiro atoms. The Morgan fingerprint density at radius 3 is 2.94 bits per heavy atom. The zero-order valence-corrected chi connectivity index (χ0v) is 10.1. The Balaban J connectivity index is 2.55. The quantitative estimate of drug-likeness (QED) is 0.734. The first-order valence-electron chi connectivity index (χ1n) is 4.94. The number of halogens is 1. The van der Waals surface area contributed by atoms with Crippen molar-refractivity contribution in [2.24, 2.45) is 0 Å². The Bertz CT molecular complexity index is 332. The van der Waals surface area contributed by atoms with Crippen molar-refractivity contribution in [1.82, 2.24) is 9.88 Å². The van der Waals surface area contributed by atoms with Gasteiger partial charge in [0.1, 0.15) is 5.69 Å². The number of aromatic nitrogens is 1.